The van der Waals surface area contributed by atoms with Crippen molar-refractivity contribution in [1.29, 1.82) is 0 Å². The molecule has 0 aromatic heterocycles. The molecule has 2 rings (SSSR count). The van der Waals surface area contributed by atoms with E-state index >= 15 is 0 Å². The minimum atomic E-state index is 0. The van der Waals surface area contributed by atoms with Crippen LogP contribution in [0.15, 0.2) is 0 Å². The van der Waals surface area contributed by atoms with Crippen LogP contribution in [-0.4, -0.2) is 25.0 Å². The zero-order valence-corrected chi connectivity index (χ0v) is 14.0. The van der Waals surface area contributed by atoms with Crippen molar-refractivity contribution >= 4 is 0 Å². The van der Waals surface area contributed by atoms with E-state index in [9.17, 15) is 0 Å². The molecule has 0 aromatic rings. The van der Waals surface area contributed by atoms with Crippen LogP contribution in [0.5, 0.6) is 0 Å². The number of likely N-dealkylation sites (tertiary alicyclic amines) is 1. The second-order valence-corrected chi connectivity index (χ2v) is 3.23. The van der Waals surface area contributed by atoms with Crippen molar-refractivity contribution in [2.24, 2.45) is 0 Å². The van der Waals surface area contributed by atoms with Crippen molar-refractivity contribution in [2.45, 2.75) is 59.8 Å². The van der Waals surface area contributed by atoms with Gasteiger partial charge >= 0.3 is 29.6 Å². The summed E-state index contributed by atoms with van der Waals surface area (Å²) in [5.41, 5.74) is 0. The van der Waals surface area contributed by atoms with E-state index < -0.39 is 0 Å². The second-order valence-electron chi connectivity index (χ2n) is 3.23. The smallest absolute Gasteiger partial charge is 0.329 e. The maximum Gasteiger partial charge on any atom is 1.00 e. The molecule has 1 nitrogen and oxygen atoms in total. The Hall–Kier alpha value is 0.960. The average molecular weight is 223 g/mol. The van der Waals surface area contributed by atoms with E-state index in [1.807, 2.05) is 27.7 Å². The van der Waals surface area contributed by atoms with E-state index in [-0.39, 0.29) is 29.6 Å². The number of nitrogens with zero attached hydrogens (tertiary/aromatic N) is 1. The first-order valence-electron chi connectivity index (χ1n) is 6.40. The molecule has 0 spiro atoms. The SMILES string of the molecule is CC.CC.CN1CCCC1.[CH-]1CCC1.[Na+]. The molecule has 1 aliphatic heterocycles. The monoisotopic (exact) mass is 223 g/mol. The van der Waals surface area contributed by atoms with Crippen LogP contribution in [0, 0.1) is 6.42 Å². The fourth-order valence-corrected chi connectivity index (χ4v) is 1.08. The summed E-state index contributed by atoms with van der Waals surface area (Å²) in [5.74, 6) is 0. The van der Waals surface area contributed by atoms with Gasteiger partial charge < -0.3 is 11.3 Å². The fourth-order valence-electron chi connectivity index (χ4n) is 1.08. The first-order chi connectivity index (χ1) is 6.89. The van der Waals surface area contributed by atoms with Gasteiger partial charge in [0.2, 0.25) is 0 Å². The summed E-state index contributed by atoms with van der Waals surface area (Å²) in [6, 6.07) is 0. The predicted octanol–water partition coefficient (Wildman–Crippen LogP) is 1.14. The fraction of sp³-hybridized carbons (Fsp3) is 0.923. The van der Waals surface area contributed by atoms with Gasteiger partial charge in [-0.15, -0.1) is 6.42 Å². The molecule has 0 radical (unpaired) electrons. The topological polar surface area (TPSA) is 3.24 Å². The van der Waals surface area contributed by atoms with Crippen LogP contribution in [-0.2, 0) is 0 Å². The molecular formula is C13H30NNa. The Morgan fingerprint density at radius 2 is 1.07 bits per heavy atom. The van der Waals surface area contributed by atoms with Crippen LogP contribution in [0.25, 0.3) is 0 Å². The summed E-state index contributed by atoms with van der Waals surface area (Å²) in [6.07, 6.45) is 9.33. The predicted molar refractivity (Wildman–Crippen MR) is 67.6 cm³/mol. The molecule has 0 bridgehead atoms. The van der Waals surface area contributed by atoms with Crippen molar-refractivity contribution in [1.82, 2.24) is 4.90 Å². The summed E-state index contributed by atoms with van der Waals surface area (Å²) in [4.78, 5) is 2.36. The van der Waals surface area contributed by atoms with Gasteiger partial charge in [0, 0.05) is 0 Å². The molecule has 88 valence electrons. The Bertz CT molecular complexity index is 72.6. The van der Waals surface area contributed by atoms with Crippen LogP contribution in [0.1, 0.15) is 59.8 Å². The minimum absolute atomic E-state index is 0. The molecule has 1 aliphatic carbocycles. The summed E-state index contributed by atoms with van der Waals surface area (Å²) in [5, 5.41) is 0. The van der Waals surface area contributed by atoms with Crippen molar-refractivity contribution in [3.63, 3.8) is 0 Å². The quantitative estimate of drug-likeness (QED) is 0.440. The Morgan fingerprint density at radius 1 is 0.800 bits per heavy atom. The molecule has 0 unspecified atom stereocenters. The van der Waals surface area contributed by atoms with Crippen LogP contribution >= 0.6 is 0 Å². The van der Waals surface area contributed by atoms with E-state index in [1.54, 1.807) is 0 Å². The third kappa shape index (κ3) is 17.6. The second kappa shape index (κ2) is 20.4. The molecule has 0 atom stereocenters. The summed E-state index contributed by atoms with van der Waals surface area (Å²) in [7, 11) is 2.17. The van der Waals surface area contributed by atoms with Gasteiger partial charge in [-0.2, -0.15) is 12.8 Å². The number of hydrogen-bond donors (Lipinski definition) is 0. The molecule has 15 heavy (non-hydrogen) atoms. The van der Waals surface area contributed by atoms with Gasteiger partial charge in [0.1, 0.15) is 0 Å². The van der Waals surface area contributed by atoms with E-state index in [1.165, 1.54) is 45.2 Å². The Labute approximate surface area is 120 Å². The third-order valence-corrected chi connectivity index (χ3v) is 2.15. The molecule has 1 saturated heterocycles. The summed E-state index contributed by atoms with van der Waals surface area (Å²) >= 11 is 0. The standard InChI is InChI=1S/C5H11N.C4H7.2C2H6.Na/c1-6-4-2-3-5-6;1-2-4-3-1;2*1-2;/h2-5H2,1H3;1H,2-4H2;2*1-2H3;/q;-1;;;+1. The van der Waals surface area contributed by atoms with Gasteiger partial charge in [-0.1, -0.05) is 27.7 Å². The largest absolute Gasteiger partial charge is 1.00 e. The van der Waals surface area contributed by atoms with Crippen molar-refractivity contribution in [3.8, 4) is 0 Å². The van der Waals surface area contributed by atoms with E-state index in [4.69, 9.17) is 0 Å². The Morgan fingerprint density at radius 3 is 1.13 bits per heavy atom. The van der Waals surface area contributed by atoms with Crippen LogP contribution in [0.4, 0.5) is 0 Å². The molecule has 0 N–H and O–H groups in total. The molecule has 1 saturated carbocycles. The maximum absolute atomic E-state index is 2.36. The van der Waals surface area contributed by atoms with E-state index in [2.05, 4.69) is 18.4 Å². The van der Waals surface area contributed by atoms with Crippen molar-refractivity contribution < 1.29 is 29.6 Å². The van der Waals surface area contributed by atoms with Crippen molar-refractivity contribution in [3.05, 3.63) is 6.42 Å². The van der Waals surface area contributed by atoms with Gasteiger partial charge in [-0.3, -0.25) is 0 Å². The van der Waals surface area contributed by atoms with Gasteiger partial charge in [0.05, 0.1) is 0 Å². The first-order valence-corrected chi connectivity index (χ1v) is 6.40. The molecular weight excluding hydrogens is 193 g/mol. The van der Waals surface area contributed by atoms with Crippen LogP contribution < -0.4 is 29.6 Å². The number of hydrogen-bond acceptors (Lipinski definition) is 1. The minimum Gasteiger partial charge on any atom is -0.329 e. The third-order valence-electron chi connectivity index (χ3n) is 2.15. The van der Waals surface area contributed by atoms with E-state index in [0.29, 0.717) is 0 Å². The van der Waals surface area contributed by atoms with Gasteiger partial charge in [0.15, 0.2) is 0 Å². The summed E-state index contributed by atoms with van der Waals surface area (Å²) in [6.45, 7) is 10.6. The summed E-state index contributed by atoms with van der Waals surface area (Å²) < 4.78 is 0. The van der Waals surface area contributed by atoms with Gasteiger partial charge in [-0.25, -0.2) is 0 Å². The van der Waals surface area contributed by atoms with Gasteiger partial charge in [0.25, 0.3) is 0 Å². The molecule has 2 fully saturated rings. The molecule has 0 aromatic carbocycles. The van der Waals surface area contributed by atoms with Crippen LogP contribution in [0.2, 0.25) is 0 Å². The molecule has 2 heteroatoms. The Kier molecular flexibility index (Phi) is 28.9. The molecule has 1 heterocycles. The zero-order valence-electron chi connectivity index (χ0n) is 12.0. The molecule has 2 aliphatic rings. The maximum atomic E-state index is 2.36. The normalized spacial score (nSPS) is 17.4. The Balaban J connectivity index is -0.000000142. The van der Waals surface area contributed by atoms with Crippen molar-refractivity contribution in [2.75, 3.05) is 20.1 Å². The van der Waals surface area contributed by atoms with E-state index in [0.717, 1.165) is 0 Å². The number of rotatable bonds is 0. The first kappa shape index (κ1) is 21.3. The van der Waals surface area contributed by atoms with Gasteiger partial charge in [-0.05, 0) is 33.0 Å². The molecule has 0 amide bonds. The average Bonchev–Trinajstić information content (AvgIpc) is 2.60. The van der Waals surface area contributed by atoms with Crippen LogP contribution in [0.3, 0.4) is 0 Å². The zero-order chi connectivity index (χ0) is 11.2.